The maximum absolute atomic E-state index is 10.1. The Kier molecular flexibility index (Phi) is 2.26. The Balaban J connectivity index is 2.07. The van der Waals surface area contributed by atoms with E-state index in [9.17, 15) is 5.11 Å². The molecule has 0 bridgehead atoms. The molecule has 0 amide bonds. The third-order valence-corrected chi connectivity index (χ3v) is 2.75. The zero-order valence-corrected chi connectivity index (χ0v) is 7.98. The molecule has 2 rings (SSSR count). The molecule has 4 heteroatoms. The average molecular weight is 191 g/mol. The maximum Gasteiger partial charge on any atom is 0.102 e. The third kappa shape index (κ3) is 1.78. The lowest BCUT2D eigenvalue weighted by Crippen LogP contribution is -2.30. The summed E-state index contributed by atoms with van der Waals surface area (Å²) in [5.41, 5.74) is -0.0507. The van der Waals surface area contributed by atoms with Crippen LogP contribution in [0, 0.1) is 11.3 Å². The van der Waals surface area contributed by atoms with Crippen LogP contribution < -0.4 is 0 Å². The fourth-order valence-electron chi connectivity index (χ4n) is 2.00. The van der Waals surface area contributed by atoms with E-state index < -0.39 is 5.60 Å². The van der Waals surface area contributed by atoms with Gasteiger partial charge in [0.05, 0.1) is 23.9 Å². The number of hydrogen-bond acceptors (Lipinski definition) is 3. The van der Waals surface area contributed by atoms with Crippen molar-refractivity contribution in [3.8, 4) is 6.07 Å². The van der Waals surface area contributed by atoms with Crippen LogP contribution in [0.15, 0.2) is 12.4 Å². The zero-order chi connectivity index (χ0) is 10.0. The topological polar surface area (TPSA) is 61.8 Å². The lowest BCUT2D eigenvalue weighted by atomic mass is 10.0. The molecule has 4 nitrogen and oxygen atoms in total. The van der Waals surface area contributed by atoms with E-state index in [1.807, 2.05) is 6.07 Å². The second-order valence-electron chi connectivity index (χ2n) is 3.97. The third-order valence-electron chi connectivity index (χ3n) is 2.75. The van der Waals surface area contributed by atoms with Crippen LogP contribution in [0.2, 0.25) is 0 Å². The smallest absolute Gasteiger partial charge is 0.102 e. The van der Waals surface area contributed by atoms with Crippen molar-refractivity contribution in [1.29, 1.82) is 5.26 Å². The fraction of sp³-hybridized carbons (Fsp3) is 0.600. The number of rotatable bonds is 2. The average Bonchev–Trinajstić information content (AvgIpc) is 2.75. The molecule has 1 aromatic rings. The molecule has 0 aromatic carbocycles. The van der Waals surface area contributed by atoms with Crippen LogP contribution >= 0.6 is 0 Å². The molecular formula is C10H13N3O. The summed E-state index contributed by atoms with van der Waals surface area (Å²) >= 11 is 0. The SMILES string of the molecule is N#Cc1cnn(CC2(O)CCCC2)c1. The lowest BCUT2D eigenvalue weighted by Gasteiger charge is -2.21. The Morgan fingerprint density at radius 2 is 2.29 bits per heavy atom. The first-order valence-electron chi connectivity index (χ1n) is 4.87. The fourth-order valence-corrected chi connectivity index (χ4v) is 2.00. The van der Waals surface area contributed by atoms with Gasteiger partial charge in [0.25, 0.3) is 0 Å². The van der Waals surface area contributed by atoms with Crippen LogP contribution in [-0.4, -0.2) is 20.5 Å². The summed E-state index contributed by atoms with van der Waals surface area (Å²) in [7, 11) is 0. The highest BCUT2D eigenvalue weighted by atomic mass is 16.3. The first kappa shape index (κ1) is 9.22. The minimum absolute atomic E-state index is 0.509. The molecule has 1 aromatic heterocycles. The Morgan fingerprint density at radius 3 is 2.86 bits per heavy atom. The standard InChI is InChI=1S/C10H13N3O/c11-5-9-6-12-13(7-9)8-10(14)3-1-2-4-10/h6-7,14H,1-4,8H2. The molecule has 1 fully saturated rings. The second kappa shape index (κ2) is 3.43. The maximum atomic E-state index is 10.1. The Labute approximate surface area is 82.8 Å². The van der Waals surface area contributed by atoms with Crippen molar-refractivity contribution in [2.45, 2.75) is 37.8 Å². The lowest BCUT2D eigenvalue weighted by molar-refractivity contribution is 0.0265. The molecule has 0 atom stereocenters. The van der Waals surface area contributed by atoms with Gasteiger partial charge in [0.2, 0.25) is 0 Å². The van der Waals surface area contributed by atoms with E-state index in [-0.39, 0.29) is 0 Å². The quantitative estimate of drug-likeness (QED) is 0.760. The number of aromatic nitrogens is 2. The van der Waals surface area contributed by atoms with Gasteiger partial charge in [-0.2, -0.15) is 10.4 Å². The van der Waals surface area contributed by atoms with Gasteiger partial charge in [-0.1, -0.05) is 12.8 Å². The summed E-state index contributed by atoms with van der Waals surface area (Å²) in [6.45, 7) is 0.509. The molecule has 0 aliphatic heterocycles. The van der Waals surface area contributed by atoms with Gasteiger partial charge in [0.1, 0.15) is 6.07 Å². The van der Waals surface area contributed by atoms with Gasteiger partial charge in [-0.25, -0.2) is 0 Å². The van der Waals surface area contributed by atoms with Gasteiger partial charge in [-0.15, -0.1) is 0 Å². The van der Waals surface area contributed by atoms with E-state index in [2.05, 4.69) is 5.10 Å². The molecular weight excluding hydrogens is 178 g/mol. The van der Waals surface area contributed by atoms with Gasteiger partial charge in [0.15, 0.2) is 0 Å². The van der Waals surface area contributed by atoms with Gasteiger partial charge in [0, 0.05) is 6.20 Å². The van der Waals surface area contributed by atoms with Gasteiger partial charge >= 0.3 is 0 Å². The normalized spacial score (nSPS) is 19.4. The van der Waals surface area contributed by atoms with Crippen LogP contribution in [0.3, 0.4) is 0 Å². The highest BCUT2D eigenvalue weighted by Crippen LogP contribution is 2.30. The monoisotopic (exact) mass is 191 g/mol. The van der Waals surface area contributed by atoms with Gasteiger partial charge in [-0.3, -0.25) is 4.68 Å². The van der Waals surface area contributed by atoms with Crippen LogP contribution in [0.5, 0.6) is 0 Å². The van der Waals surface area contributed by atoms with E-state index in [1.54, 1.807) is 10.9 Å². The molecule has 0 spiro atoms. The van der Waals surface area contributed by atoms with Gasteiger partial charge < -0.3 is 5.11 Å². The minimum Gasteiger partial charge on any atom is -0.388 e. The number of nitriles is 1. The van der Waals surface area contributed by atoms with Crippen molar-refractivity contribution in [3.63, 3.8) is 0 Å². The molecule has 1 heterocycles. The highest BCUT2D eigenvalue weighted by Gasteiger charge is 2.31. The van der Waals surface area contributed by atoms with Crippen molar-refractivity contribution < 1.29 is 5.11 Å². The van der Waals surface area contributed by atoms with E-state index in [0.29, 0.717) is 12.1 Å². The molecule has 14 heavy (non-hydrogen) atoms. The van der Waals surface area contributed by atoms with Crippen molar-refractivity contribution in [2.75, 3.05) is 0 Å². The number of hydrogen-bond donors (Lipinski definition) is 1. The molecule has 0 saturated heterocycles. The summed E-state index contributed by atoms with van der Waals surface area (Å²) in [5.74, 6) is 0. The van der Waals surface area contributed by atoms with Crippen LogP contribution in [-0.2, 0) is 6.54 Å². The predicted octanol–water partition coefficient (Wildman–Crippen LogP) is 1.06. The summed E-state index contributed by atoms with van der Waals surface area (Å²) in [5, 5.41) is 22.7. The van der Waals surface area contributed by atoms with E-state index >= 15 is 0 Å². The van der Waals surface area contributed by atoms with Crippen molar-refractivity contribution in [2.24, 2.45) is 0 Å². The predicted molar refractivity (Wildman–Crippen MR) is 50.4 cm³/mol. The molecule has 1 aliphatic carbocycles. The highest BCUT2D eigenvalue weighted by molar-refractivity contribution is 5.21. The largest absolute Gasteiger partial charge is 0.388 e. The Hall–Kier alpha value is -1.34. The molecule has 1 aliphatic rings. The second-order valence-corrected chi connectivity index (χ2v) is 3.97. The van der Waals surface area contributed by atoms with Crippen molar-refractivity contribution >= 4 is 0 Å². The summed E-state index contributed by atoms with van der Waals surface area (Å²) in [6, 6.07) is 2.02. The molecule has 1 saturated carbocycles. The van der Waals surface area contributed by atoms with E-state index in [0.717, 1.165) is 25.7 Å². The van der Waals surface area contributed by atoms with Gasteiger partial charge in [-0.05, 0) is 12.8 Å². The van der Waals surface area contributed by atoms with Crippen LogP contribution in [0.4, 0.5) is 0 Å². The molecule has 1 N–H and O–H groups in total. The van der Waals surface area contributed by atoms with E-state index in [1.165, 1.54) is 6.20 Å². The van der Waals surface area contributed by atoms with Crippen molar-refractivity contribution in [1.82, 2.24) is 9.78 Å². The van der Waals surface area contributed by atoms with Crippen LogP contribution in [0.1, 0.15) is 31.2 Å². The molecule has 0 unspecified atom stereocenters. The summed E-state index contributed by atoms with van der Waals surface area (Å²) < 4.78 is 1.66. The Morgan fingerprint density at radius 1 is 1.57 bits per heavy atom. The molecule has 74 valence electrons. The number of aliphatic hydroxyl groups is 1. The first-order valence-corrected chi connectivity index (χ1v) is 4.87. The summed E-state index contributed by atoms with van der Waals surface area (Å²) in [6.07, 6.45) is 7.06. The summed E-state index contributed by atoms with van der Waals surface area (Å²) in [4.78, 5) is 0. The first-order chi connectivity index (χ1) is 6.72. The number of nitrogens with zero attached hydrogens (tertiary/aromatic N) is 3. The zero-order valence-electron chi connectivity index (χ0n) is 7.98. The molecule has 0 radical (unpaired) electrons. The van der Waals surface area contributed by atoms with Crippen LogP contribution in [0.25, 0.3) is 0 Å². The van der Waals surface area contributed by atoms with Crippen molar-refractivity contribution in [3.05, 3.63) is 18.0 Å². The Bertz CT molecular complexity index is 358. The van der Waals surface area contributed by atoms with E-state index in [4.69, 9.17) is 5.26 Å². The minimum atomic E-state index is -0.598.